The van der Waals surface area contributed by atoms with Crippen LogP contribution in [0.4, 0.5) is 0 Å². The van der Waals surface area contributed by atoms with Gasteiger partial charge in [-0.1, -0.05) is 77.6 Å². The molecule has 18 heavy (non-hydrogen) atoms. The first-order valence-electron chi connectivity index (χ1n) is 8.48. The van der Waals surface area contributed by atoms with E-state index in [9.17, 15) is 0 Å². The van der Waals surface area contributed by atoms with E-state index in [1.807, 2.05) is 0 Å². The van der Waals surface area contributed by atoms with Crippen LogP contribution in [0.3, 0.4) is 0 Å². The molecule has 0 spiro atoms. The lowest BCUT2D eigenvalue weighted by Gasteiger charge is -2.19. The van der Waals surface area contributed by atoms with Crippen molar-refractivity contribution in [1.29, 1.82) is 0 Å². The van der Waals surface area contributed by atoms with E-state index in [1.54, 1.807) is 0 Å². The number of hydrogen-bond donors (Lipinski definition) is 0. The van der Waals surface area contributed by atoms with Gasteiger partial charge in [0.2, 0.25) is 0 Å². The summed E-state index contributed by atoms with van der Waals surface area (Å²) in [6, 6.07) is 0. The van der Waals surface area contributed by atoms with E-state index >= 15 is 0 Å². The van der Waals surface area contributed by atoms with Gasteiger partial charge in [-0.25, -0.2) is 0 Å². The summed E-state index contributed by atoms with van der Waals surface area (Å²) in [6.45, 7) is 2.29. The second-order valence-corrected chi connectivity index (χ2v) is 6.74. The summed E-state index contributed by atoms with van der Waals surface area (Å²) in [5.74, 6) is 0.828. The summed E-state index contributed by atoms with van der Waals surface area (Å²) < 4.78 is 0. The Morgan fingerprint density at radius 3 is 2.11 bits per heavy atom. The lowest BCUT2D eigenvalue weighted by molar-refractivity contribution is 0.410. The minimum absolute atomic E-state index is 0.483. The Morgan fingerprint density at radius 1 is 0.778 bits per heavy atom. The number of unbranched alkanes of at least 4 members (excludes halogenated alkanes) is 7. The van der Waals surface area contributed by atoms with E-state index < -0.39 is 0 Å². The molecule has 0 N–H and O–H groups in total. The summed E-state index contributed by atoms with van der Waals surface area (Å²) in [4.78, 5) is 0. The van der Waals surface area contributed by atoms with Gasteiger partial charge in [-0.15, -0.1) is 11.6 Å². The third-order valence-corrected chi connectivity index (χ3v) is 5.07. The molecule has 1 heteroatoms. The van der Waals surface area contributed by atoms with Gasteiger partial charge in [-0.3, -0.25) is 0 Å². The summed E-state index contributed by atoms with van der Waals surface area (Å²) >= 11 is 6.48. The van der Waals surface area contributed by atoms with Crippen LogP contribution in [0, 0.1) is 5.92 Å². The molecule has 0 nitrogen and oxygen atoms in total. The SMILES string of the molecule is CCCCCCCCCCC1CCCCCC1Cl. The predicted molar refractivity (Wildman–Crippen MR) is 83.4 cm³/mol. The van der Waals surface area contributed by atoms with Crippen LogP contribution in [0.2, 0.25) is 0 Å². The van der Waals surface area contributed by atoms with Crippen molar-refractivity contribution in [3.05, 3.63) is 0 Å². The molecule has 1 fully saturated rings. The molecule has 0 aromatic carbocycles. The highest BCUT2D eigenvalue weighted by molar-refractivity contribution is 6.20. The third-order valence-electron chi connectivity index (χ3n) is 4.49. The zero-order valence-electron chi connectivity index (χ0n) is 12.4. The second-order valence-electron chi connectivity index (χ2n) is 6.18. The van der Waals surface area contributed by atoms with Gasteiger partial charge in [-0.05, 0) is 25.2 Å². The zero-order chi connectivity index (χ0) is 13.1. The highest BCUT2D eigenvalue weighted by atomic mass is 35.5. The van der Waals surface area contributed by atoms with Crippen LogP contribution in [0.15, 0.2) is 0 Å². The fourth-order valence-electron chi connectivity index (χ4n) is 3.20. The lowest BCUT2D eigenvalue weighted by Crippen LogP contribution is -2.12. The molecule has 0 aromatic heterocycles. The predicted octanol–water partition coefficient (Wildman–Crippen LogP) is 6.70. The summed E-state index contributed by atoms with van der Waals surface area (Å²) in [5, 5.41) is 0.483. The summed E-state index contributed by atoms with van der Waals surface area (Å²) in [5.41, 5.74) is 0. The molecule has 0 saturated heterocycles. The Bertz CT molecular complexity index is 178. The van der Waals surface area contributed by atoms with Crippen molar-refractivity contribution < 1.29 is 0 Å². The maximum absolute atomic E-state index is 6.48. The van der Waals surface area contributed by atoms with Crippen LogP contribution < -0.4 is 0 Å². The second kappa shape index (κ2) is 11.1. The van der Waals surface area contributed by atoms with E-state index in [0.717, 1.165) is 5.92 Å². The van der Waals surface area contributed by atoms with E-state index in [1.165, 1.54) is 89.9 Å². The topological polar surface area (TPSA) is 0 Å². The van der Waals surface area contributed by atoms with Crippen molar-refractivity contribution in [1.82, 2.24) is 0 Å². The van der Waals surface area contributed by atoms with Crippen molar-refractivity contribution >= 4 is 11.6 Å². The van der Waals surface area contributed by atoms with Gasteiger partial charge < -0.3 is 0 Å². The molecule has 2 unspecified atom stereocenters. The molecule has 1 saturated carbocycles. The third kappa shape index (κ3) is 7.67. The largest absolute Gasteiger partial charge is 0.123 e. The normalized spacial score (nSPS) is 25.0. The van der Waals surface area contributed by atoms with Crippen molar-refractivity contribution in [2.45, 2.75) is 102 Å². The molecular weight excluding hydrogens is 240 g/mol. The molecule has 2 atom stereocenters. The number of halogens is 1. The first-order valence-corrected chi connectivity index (χ1v) is 8.92. The molecule has 0 aromatic rings. The van der Waals surface area contributed by atoms with Gasteiger partial charge in [0.25, 0.3) is 0 Å². The van der Waals surface area contributed by atoms with Crippen LogP contribution in [0.1, 0.15) is 96.8 Å². The van der Waals surface area contributed by atoms with Crippen LogP contribution in [-0.4, -0.2) is 5.38 Å². The summed E-state index contributed by atoms with van der Waals surface area (Å²) in [6.07, 6.45) is 19.7. The molecule has 0 heterocycles. The van der Waals surface area contributed by atoms with Crippen LogP contribution in [0.25, 0.3) is 0 Å². The molecule has 0 aliphatic heterocycles. The maximum Gasteiger partial charge on any atom is 0.0364 e. The van der Waals surface area contributed by atoms with Gasteiger partial charge in [-0.2, -0.15) is 0 Å². The van der Waals surface area contributed by atoms with Gasteiger partial charge in [0.1, 0.15) is 0 Å². The van der Waals surface area contributed by atoms with E-state index in [4.69, 9.17) is 11.6 Å². The summed E-state index contributed by atoms with van der Waals surface area (Å²) in [7, 11) is 0. The first-order chi connectivity index (χ1) is 8.84. The van der Waals surface area contributed by atoms with Crippen LogP contribution in [-0.2, 0) is 0 Å². The smallest absolute Gasteiger partial charge is 0.0364 e. The lowest BCUT2D eigenvalue weighted by atomic mass is 9.93. The highest BCUT2D eigenvalue weighted by Crippen LogP contribution is 2.31. The molecule has 0 bridgehead atoms. The van der Waals surface area contributed by atoms with E-state index in [0.29, 0.717) is 5.38 Å². The van der Waals surface area contributed by atoms with Crippen molar-refractivity contribution in [2.75, 3.05) is 0 Å². The first kappa shape index (κ1) is 16.3. The van der Waals surface area contributed by atoms with Crippen LogP contribution >= 0.6 is 11.6 Å². The molecule has 108 valence electrons. The number of hydrogen-bond acceptors (Lipinski definition) is 0. The Hall–Kier alpha value is 0.290. The fourth-order valence-corrected chi connectivity index (χ4v) is 3.61. The maximum atomic E-state index is 6.48. The van der Waals surface area contributed by atoms with Crippen molar-refractivity contribution in [2.24, 2.45) is 5.92 Å². The van der Waals surface area contributed by atoms with Crippen molar-refractivity contribution in [3.8, 4) is 0 Å². The average molecular weight is 273 g/mol. The quantitative estimate of drug-likeness (QED) is 0.249. The minimum Gasteiger partial charge on any atom is -0.123 e. The zero-order valence-corrected chi connectivity index (χ0v) is 13.2. The van der Waals surface area contributed by atoms with Crippen LogP contribution in [0.5, 0.6) is 0 Å². The Balaban J connectivity index is 1.93. The molecule has 1 aliphatic rings. The highest BCUT2D eigenvalue weighted by Gasteiger charge is 2.20. The molecular formula is C17H33Cl. The molecule has 0 radical (unpaired) electrons. The average Bonchev–Trinajstić information content (AvgIpc) is 2.58. The Labute approximate surface area is 120 Å². The Morgan fingerprint density at radius 2 is 1.39 bits per heavy atom. The van der Waals surface area contributed by atoms with Crippen molar-refractivity contribution in [3.63, 3.8) is 0 Å². The standard InChI is InChI=1S/C17H33Cl/c1-2-3-4-5-6-7-8-10-13-16-14-11-9-12-15-17(16)18/h16-17H,2-15H2,1H3. The molecule has 1 aliphatic carbocycles. The minimum atomic E-state index is 0.483. The van der Waals surface area contributed by atoms with E-state index in [2.05, 4.69) is 6.92 Å². The molecule has 1 rings (SSSR count). The van der Waals surface area contributed by atoms with Gasteiger partial charge >= 0.3 is 0 Å². The Kier molecular flexibility index (Phi) is 10.1. The number of rotatable bonds is 9. The fraction of sp³-hybridized carbons (Fsp3) is 1.00. The monoisotopic (exact) mass is 272 g/mol. The van der Waals surface area contributed by atoms with Gasteiger partial charge in [0.05, 0.1) is 0 Å². The van der Waals surface area contributed by atoms with E-state index in [-0.39, 0.29) is 0 Å². The molecule has 0 amide bonds. The van der Waals surface area contributed by atoms with Gasteiger partial charge in [0.15, 0.2) is 0 Å². The number of alkyl halides is 1. The van der Waals surface area contributed by atoms with Gasteiger partial charge in [0, 0.05) is 5.38 Å².